The lowest BCUT2D eigenvalue weighted by atomic mass is 9.91. The molecular weight excluding hydrogens is 295 g/mol. The minimum atomic E-state index is -0.0508. The molecular formula is C15H14Cl2N2O. The van der Waals surface area contributed by atoms with E-state index in [9.17, 15) is 4.79 Å². The topological polar surface area (TPSA) is 44.9 Å². The molecule has 0 aliphatic heterocycles. The highest BCUT2D eigenvalue weighted by Gasteiger charge is 2.21. The first kappa shape index (κ1) is 13.5. The van der Waals surface area contributed by atoms with Crippen LogP contribution in [0.3, 0.4) is 0 Å². The number of aromatic amines is 1. The first-order chi connectivity index (χ1) is 9.65. The molecule has 2 aromatic rings. The number of pyridine rings is 1. The quantitative estimate of drug-likeness (QED) is 0.874. The Kier molecular flexibility index (Phi) is 3.72. The molecule has 1 atom stereocenters. The van der Waals surface area contributed by atoms with Crippen LogP contribution in [-0.2, 0) is 6.42 Å². The number of hydrogen-bond acceptors (Lipinski definition) is 2. The Labute approximate surface area is 126 Å². The average Bonchev–Trinajstić information content (AvgIpc) is 2.44. The van der Waals surface area contributed by atoms with Gasteiger partial charge >= 0.3 is 0 Å². The zero-order valence-corrected chi connectivity index (χ0v) is 12.3. The SMILES string of the molecule is O=c1ccc2c([nH]1)CCCC2Nc1cccc(Cl)c1Cl. The predicted octanol–water partition coefficient (Wildman–Crippen LogP) is 4.17. The van der Waals surface area contributed by atoms with Crippen LogP contribution in [-0.4, -0.2) is 4.98 Å². The van der Waals surface area contributed by atoms with Gasteiger partial charge in [-0.25, -0.2) is 0 Å². The molecule has 3 rings (SSSR count). The zero-order chi connectivity index (χ0) is 14.1. The molecule has 0 saturated heterocycles. The highest BCUT2D eigenvalue weighted by molar-refractivity contribution is 6.43. The monoisotopic (exact) mass is 308 g/mol. The van der Waals surface area contributed by atoms with Crippen molar-refractivity contribution >= 4 is 28.9 Å². The van der Waals surface area contributed by atoms with Crippen molar-refractivity contribution in [2.24, 2.45) is 0 Å². The van der Waals surface area contributed by atoms with Crippen LogP contribution in [0.5, 0.6) is 0 Å². The summed E-state index contributed by atoms with van der Waals surface area (Å²) in [5, 5.41) is 4.50. The number of fused-ring (bicyclic) bond motifs is 1. The van der Waals surface area contributed by atoms with E-state index in [1.165, 1.54) is 0 Å². The van der Waals surface area contributed by atoms with Crippen LogP contribution in [0.15, 0.2) is 35.1 Å². The number of anilines is 1. The van der Waals surface area contributed by atoms with Crippen molar-refractivity contribution in [3.63, 3.8) is 0 Å². The molecule has 0 bridgehead atoms. The molecule has 3 nitrogen and oxygen atoms in total. The Bertz CT molecular complexity index is 697. The van der Waals surface area contributed by atoms with Crippen molar-refractivity contribution in [3.8, 4) is 0 Å². The summed E-state index contributed by atoms with van der Waals surface area (Å²) in [6.45, 7) is 0. The van der Waals surface area contributed by atoms with Gasteiger partial charge in [-0.3, -0.25) is 4.79 Å². The highest BCUT2D eigenvalue weighted by Crippen LogP contribution is 2.35. The second-order valence-corrected chi connectivity index (χ2v) is 5.73. The molecule has 1 aliphatic carbocycles. The normalized spacial score (nSPS) is 17.6. The minimum Gasteiger partial charge on any atom is -0.377 e. The first-order valence-electron chi connectivity index (χ1n) is 6.58. The van der Waals surface area contributed by atoms with Gasteiger partial charge in [-0.15, -0.1) is 0 Å². The molecule has 0 spiro atoms. The van der Waals surface area contributed by atoms with Crippen LogP contribution in [0.4, 0.5) is 5.69 Å². The lowest BCUT2D eigenvalue weighted by molar-refractivity contribution is 0.587. The van der Waals surface area contributed by atoms with E-state index in [0.29, 0.717) is 10.0 Å². The first-order valence-corrected chi connectivity index (χ1v) is 7.33. The van der Waals surface area contributed by atoms with Gasteiger partial charge in [-0.1, -0.05) is 29.3 Å². The summed E-state index contributed by atoms with van der Waals surface area (Å²) in [6.07, 6.45) is 2.94. The largest absolute Gasteiger partial charge is 0.377 e. The van der Waals surface area contributed by atoms with Gasteiger partial charge in [0, 0.05) is 11.8 Å². The number of hydrogen-bond donors (Lipinski definition) is 2. The molecule has 1 unspecified atom stereocenters. The third kappa shape index (κ3) is 2.56. The third-order valence-electron chi connectivity index (χ3n) is 3.61. The van der Waals surface area contributed by atoms with E-state index >= 15 is 0 Å². The number of aromatic nitrogens is 1. The zero-order valence-electron chi connectivity index (χ0n) is 10.7. The van der Waals surface area contributed by atoms with Gasteiger partial charge in [0.15, 0.2) is 0 Å². The number of benzene rings is 1. The molecule has 0 fully saturated rings. The fourth-order valence-electron chi connectivity index (χ4n) is 2.65. The Morgan fingerprint density at radius 1 is 1.20 bits per heavy atom. The molecule has 1 heterocycles. The van der Waals surface area contributed by atoms with E-state index in [4.69, 9.17) is 23.2 Å². The summed E-state index contributed by atoms with van der Waals surface area (Å²) in [5.74, 6) is 0. The van der Waals surface area contributed by atoms with Crippen molar-refractivity contribution in [2.75, 3.05) is 5.32 Å². The van der Waals surface area contributed by atoms with E-state index in [2.05, 4.69) is 10.3 Å². The minimum absolute atomic E-state index is 0.0508. The molecule has 5 heteroatoms. The summed E-state index contributed by atoms with van der Waals surface area (Å²) in [4.78, 5) is 14.3. The Hall–Kier alpha value is -1.45. The fourth-order valence-corrected chi connectivity index (χ4v) is 3.01. The van der Waals surface area contributed by atoms with Crippen molar-refractivity contribution in [1.82, 2.24) is 4.98 Å². The fraction of sp³-hybridized carbons (Fsp3) is 0.267. The van der Waals surface area contributed by atoms with E-state index < -0.39 is 0 Å². The third-order valence-corrected chi connectivity index (χ3v) is 4.43. The Morgan fingerprint density at radius 2 is 2.05 bits per heavy atom. The molecule has 20 heavy (non-hydrogen) atoms. The van der Waals surface area contributed by atoms with Crippen LogP contribution in [0, 0.1) is 0 Å². The van der Waals surface area contributed by atoms with Gasteiger partial charge in [0.1, 0.15) is 0 Å². The van der Waals surface area contributed by atoms with E-state index in [0.717, 1.165) is 36.2 Å². The average molecular weight is 309 g/mol. The van der Waals surface area contributed by atoms with Crippen LogP contribution < -0.4 is 10.9 Å². The van der Waals surface area contributed by atoms with Gasteiger partial charge in [-0.2, -0.15) is 0 Å². The summed E-state index contributed by atoms with van der Waals surface area (Å²) in [7, 11) is 0. The van der Waals surface area contributed by atoms with Gasteiger partial charge in [-0.05, 0) is 43.0 Å². The standard InChI is InChI=1S/C15H14Cl2N2O/c16-10-3-1-6-13(15(10)17)18-11-4-2-5-12-9(11)7-8-14(20)19-12/h1,3,6-8,11,18H,2,4-5H2,(H,19,20). The maximum absolute atomic E-state index is 11.4. The highest BCUT2D eigenvalue weighted by atomic mass is 35.5. The summed E-state index contributed by atoms with van der Waals surface area (Å²) < 4.78 is 0. The number of rotatable bonds is 2. The second-order valence-electron chi connectivity index (χ2n) is 4.95. The number of aryl methyl sites for hydroxylation is 1. The number of nitrogens with one attached hydrogen (secondary N) is 2. The van der Waals surface area contributed by atoms with Crippen molar-refractivity contribution in [3.05, 3.63) is 62.0 Å². The van der Waals surface area contributed by atoms with Gasteiger partial charge in [0.05, 0.1) is 21.8 Å². The summed E-state index contributed by atoms with van der Waals surface area (Å²) in [6, 6.07) is 9.15. The van der Waals surface area contributed by atoms with E-state index in [1.807, 2.05) is 18.2 Å². The van der Waals surface area contributed by atoms with Gasteiger partial charge < -0.3 is 10.3 Å². The molecule has 2 N–H and O–H groups in total. The second kappa shape index (κ2) is 5.51. The molecule has 0 saturated carbocycles. The van der Waals surface area contributed by atoms with E-state index in [1.54, 1.807) is 12.1 Å². The lowest BCUT2D eigenvalue weighted by Crippen LogP contribution is -2.21. The Balaban J connectivity index is 1.93. The summed E-state index contributed by atoms with van der Waals surface area (Å²) in [5.41, 5.74) is 2.92. The van der Waals surface area contributed by atoms with Crippen molar-refractivity contribution < 1.29 is 0 Å². The van der Waals surface area contributed by atoms with Crippen LogP contribution in [0.25, 0.3) is 0 Å². The lowest BCUT2D eigenvalue weighted by Gasteiger charge is -2.27. The smallest absolute Gasteiger partial charge is 0.248 e. The van der Waals surface area contributed by atoms with Crippen LogP contribution >= 0.6 is 23.2 Å². The van der Waals surface area contributed by atoms with Crippen LogP contribution in [0.1, 0.15) is 30.1 Å². The van der Waals surface area contributed by atoms with Crippen LogP contribution in [0.2, 0.25) is 10.0 Å². The molecule has 104 valence electrons. The molecule has 1 aromatic carbocycles. The maximum atomic E-state index is 11.4. The molecule has 1 aromatic heterocycles. The number of halogens is 2. The molecule has 1 aliphatic rings. The van der Waals surface area contributed by atoms with Crippen molar-refractivity contribution in [1.29, 1.82) is 0 Å². The maximum Gasteiger partial charge on any atom is 0.248 e. The molecule has 0 radical (unpaired) electrons. The van der Waals surface area contributed by atoms with Crippen molar-refractivity contribution in [2.45, 2.75) is 25.3 Å². The van der Waals surface area contributed by atoms with Gasteiger partial charge in [0.25, 0.3) is 0 Å². The number of H-pyrrole nitrogens is 1. The molecule has 0 amide bonds. The van der Waals surface area contributed by atoms with Gasteiger partial charge in [0.2, 0.25) is 5.56 Å². The predicted molar refractivity (Wildman–Crippen MR) is 82.8 cm³/mol. The van der Waals surface area contributed by atoms with E-state index in [-0.39, 0.29) is 11.6 Å². The summed E-state index contributed by atoms with van der Waals surface area (Å²) >= 11 is 12.2. The Morgan fingerprint density at radius 3 is 2.90 bits per heavy atom.